The first-order valence-corrected chi connectivity index (χ1v) is 9.12. The standard InChI is InChI=1S/C16H23N3O2S/c1-11-10-22-15(17-11)9-18-7-12-5-13(21-14(12)8-18)6-16(20)19-3-2-4-19/h10,12-14H,2-9H2,1H3/t12-,13-,14+/m0/s1. The van der Waals surface area contributed by atoms with Gasteiger partial charge in [0.25, 0.3) is 0 Å². The van der Waals surface area contributed by atoms with E-state index in [2.05, 4.69) is 15.3 Å². The van der Waals surface area contributed by atoms with Crippen LogP contribution in [0, 0.1) is 12.8 Å². The first kappa shape index (κ1) is 14.6. The summed E-state index contributed by atoms with van der Waals surface area (Å²) in [4.78, 5) is 21.0. The van der Waals surface area contributed by atoms with Crippen LogP contribution in [0.5, 0.6) is 0 Å². The molecule has 4 heterocycles. The zero-order chi connectivity index (χ0) is 15.1. The number of nitrogens with zero attached hydrogens (tertiary/aromatic N) is 3. The minimum atomic E-state index is 0.146. The van der Waals surface area contributed by atoms with Gasteiger partial charge in [0.15, 0.2) is 0 Å². The summed E-state index contributed by atoms with van der Waals surface area (Å²) in [5.41, 5.74) is 1.11. The van der Waals surface area contributed by atoms with E-state index in [1.807, 2.05) is 11.8 Å². The molecule has 0 spiro atoms. The topological polar surface area (TPSA) is 45.7 Å². The molecular weight excluding hydrogens is 298 g/mol. The summed E-state index contributed by atoms with van der Waals surface area (Å²) in [5, 5.41) is 3.31. The van der Waals surface area contributed by atoms with Crippen LogP contribution in [-0.4, -0.2) is 59.1 Å². The van der Waals surface area contributed by atoms with Crippen LogP contribution in [0.3, 0.4) is 0 Å². The lowest BCUT2D eigenvalue weighted by molar-refractivity contribution is -0.137. The molecule has 3 aliphatic rings. The number of hydrogen-bond acceptors (Lipinski definition) is 5. The van der Waals surface area contributed by atoms with E-state index in [0.717, 1.165) is 51.3 Å². The van der Waals surface area contributed by atoms with Crippen molar-refractivity contribution in [3.63, 3.8) is 0 Å². The fourth-order valence-corrected chi connectivity index (χ4v) is 4.58. The van der Waals surface area contributed by atoms with Crippen molar-refractivity contribution in [3.8, 4) is 0 Å². The number of fused-ring (bicyclic) bond motifs is 1. The number of hydrogen-bond donors (Lipinski definition) is 0. The predicted molar refractivity (Wildman–Crippen MR) is 84.7 cm³/mol. The van der Waals surface area contributed by atoms with Gasteiger partial charge >= 0.3 is 0 Å². The lowest BCUT2D eigenvalue weighted by atomic mass is 10.0. The van der Waals surface area contributed by atoms with E-state index in [1.54, 1.807) is 11.3 Å². The molecule has 5 nitrogen and oxygen atoms in total. The van der Waals surface area contributed by atoms with Crippen molar-refractivity contribution in [2.75, 3.05) is 26.2 Å². The minimum absolute atomic E-state index is 0.146. The van der Waals surface area contributed by atoms with Gasteiger partial charge in [-0.1, -0.05) is 0 Å². The highest BCUT2D eigenvalue weighted by molar-refractivity contribution is 7.09. The lowest BCUT2D eigenvalue weighted by Crippen LogP contribution is -2.43. The largest absolute Gasteiger partial charge is 0.373 e. The zero-order valence-corrected chi connectivity index (χ0v) is 13.8. The SMILES string of the molecule is Cc1csc(CN2C[C@@H]3C[C@@H](CC(=O)N4CCC4)O[C@@H]3C2)n1. The average Bonchev–Trinajstić information content (AvgIpc) is 3.02. The van der Waals surface area contributed by atoms with Crippen LogP contribution in [-0.2, 0) is 16.1 Å². The van der Waals surface area contributed by atoms with E-state index < -0.39 is 0 Å². The average molecular weight is 321 g/mol. The number of carbonyl (C=O) groups excluding carboxylic acids is 1. The molecule has 4 rings (SSSR count). The van der Waals surface area contributed by atoms with Gasteiger partial charge in [0.1, 0.15) is 5.01 Å². The third kappa shape index (κ3) is 2.92. The van der Waals surface area contributed by atoms with Crippen molar-refractivity contribution in [3.05, 3.63) is 16.1 Å². The molecule has 3 fully saturated rings. The van der Waals surface area contributed by atoms with E-state index in [-0.39, 0.29) is 12.0 Å². The van der Waals surface area contributed by atoms with E-state index in [4.69, 9.17) is 4.74 Å². The Kier molecular flexibility index (Phi) is 3.92. The maximum Gasteiger partial charge on any atom is 0.225 e. The van der Waals surface area contributed by atoms with Gasteiger partial charge in [-0.15, -0.1) is 11.3 Å². The van der Waals surface area contributed by atoms with Gasteiger partial charge < -0.3 is 9.64 Å². The van der Waals surface area contributed by atoms with E-state index in [9.17, 15) is 4.79 Å². The molecule has 0 aromatic carbocycles. The number of likely N-dealkylation sites (tertiary alicyclic amines) is 2. The summed E-state index contributed by atoms with van der Waals surface area (Å²) < 4.78 is 6.14. The second-order valence-corrected chi connectivity index (χ2v) is 7.75. The summed E-state index contributed by atoms with van der Waals surface area (Å²) in [7, 11) is 0. The molecule has 0 N–H and O–H groups in total. The van der Waals surface area contributed by atoms with Crippen LogP contribution in [0.15, 0.2) is 5.38 Å². The molecule has 0 saturated carbocycles. The Bertz CT molecular complexity index is 543. The first-order chi connectivity index (χ1) is 10.7. The Balaban J connectivity index is 1.26. The van der Waals surface area contributed by atoms with Gasteiger partial charge in [-0.3, -0.25) is 9.69 Å². The molecule has 22 heavy (non-hydrogen) atoms. The van der Waals surface area contributed by atoms with Gasteiger partial charge in [0, 0.05) is 43.2 Å². The summed E-state index contributed by atoms with van der Waals surface area (Å²) in [6, 6.07) is 0. The summed E-state index contributed by atoms with van der Waals surface area (Å²) >= 11 is 1.74. The van der Waals surface area contributed by atoms with Crippen LogP contribution >= 0.6 is 11.3 Å². The molecule has 0 radical (unpaired) electrons. The molecule has 3 saturated heterocycles. The normalized spacial score (nSPS) is 31.3. The monoisotopic (exact) mass is 321 g/mol. The molecular formula is C16H23N3O2S. The molecule has 3 aliphatic heterocycles. The molecule has 1 aromatic rings. The molecule has 3 atom stereocenters. The van der Waals surface area contributed by atoms with Crippen LogP contribution in [0.2, 0.25) is 0 Å². The number of ether oxygens (including phenoxy) is 1. The maximum absolute atomic E-state index is 12.0. The number of amides is 1. The Labute approximate surface area is 135 Å². The van der Waals surface area contributed by atoms with Gasteiger partial charge in [0.2, 0.25) is 5.91 Å². The maximum atomic E-state index is 12.0. The van der Waals surface area contributed by atoms with Crippen molar-refractivity contribution in [1.29, 1.82) is 0 Å². The van der Waals surface area contributed by atoms with Gasteiger partial charge in [0.05, 0.1) is 25.2 Å². The number of aromatic nitrogens is 1. The van der Waals surface area contributed by atoms with Crippen molar-refractivity contribution in [2.45, 2.75) is 44.9 Å². The van der Waals surface area contributed by atoms with Crippen LogP contribution in [0.1, 0.15) is 30.0 Å². The molecule has 0 bridgehead atoms. The Morgan fingerprint density at radius 1 is 1.45 bits per heavy atom. The second-order valence-electron chi connectivity index (χ2n) is 6.81. The molecule has 1 amide bonds. The van der Waals surface area contributed by atoms with E-state index >= 15 is 0 Å². The highest BCUT2D eigenvalue weighted by Gasteiger charge is 2.42. The first-order valence-electron chi connectivity index (χ1n) is 8.24. The van der Waals surface area contributed by atoms with Crippen molar-refractivity contribution in [1.82, 2.24) is 14.8 Å². The number of carbonyl (C=O) groups is 1. The number of aryl methyl sites for hydroxylation is 1. The Morgan fingerprint density at radius 3 is 2.95 bits per heavy atom. The summed E-state index contributed by atoms with van der Waals surface area (Å²) in [6.07, 6.45) is 3.24. The lowest BCUT2D eigenvalue weighted by Gasteiger charge is -2.31. The molecule has 6 heteroatoms. The fourth-order valence-electron chi connectivity index (χ4n) is 3.76. The Morgan fingerprint density at radius 2 is 2.32 bits per heavy atom. The highest BCUT2D eigenvalue weighted by Crippen LogP contribution is 2.35. The van der Waals surface area contributed by atoms with Crippen LogP contribution in [0.25, 0.3) is 0 Å². The zero-order valence-electron chi connectivity index (χ0n) is 13.0. The molecule has 1 aromatic heterocycles. The molecule has 0 unspecified atom stereocenters. The van der Waals surface area contributed by atoms with E-state index in [1.165, 1.54) is 5.01 Å². The highest BCUT2D eigenvalue weighted by atomic mass is 32.1. The van der Waals surface area contributed by atoms with Gasteiger partial charge in [-0.05, 0) is 19.8 Å². The van der Waals surface area contributed by atoms with E-state index in [0.29, 0.717) is 18.4 Å². The summed E-state index contributed by atoms with van der Waals surface area (Å²) in [6.45, 7) is 6.93. The summed E-state index contributed by atoms with van der Waals surface area (Å²) in [5.74, 6) is 0.876. The number of thiazole rings is 1. The number of rotatable bonds is 4. The molecule has 120 valence electrons. The van der Waals surface area contributed by atoms with Crippen LogP contribution < -0.4 is 0 Å². The van der Waals surface area contributed by atoms with Crippen molar-refractivity contribution in [2.24, 2.45) is 5.92 Å². The second kappa shape index (κ2) is 5.91. The predicted octanol–water partition coefficient (Wildman–Crippen LogP) is 1.66. The quantitative estimate of drug-likeness (QED) is 0.846. The smallest absolute Gasteiger partial charge is 0.225 e. The van der Waals surface area contributed by atoms with Gasteiger partial charge in [-0.2, -0.15) is 0 Å². The van der Waals surface area contributed by atoms with Crippen LogP contribution in [0.4, 0.5) is 0 Å². The van der Waals surface area contributed by atoms with Crippen molar-refractivity contribution >= 4 is 17.2 Å². The van der Waals surface area contributed by atoms with Gasteiger partial charge in [-0.25, -0.2) is 4.98 Å². The third-order valence-corrected chi connectivity index (χ3v) is 5.98. The Hall–Kier alpha value is -0.980. The third-order valence-electron chi connectivity index (χ3n) is 5.03. The van der Waals surface area contributed by atoms with Crippen molar-refractivity contribution < 1.29 is 9.53 Å². The minimum Gasteiger partial charge on any atom is -0.373 e. The fraction of sp³-hybridized carbons (Fsp3) is 0.750. The molecule has 0 aliphatic carbocycles.